The summed E-state index contributed by atoms with van der Waals surface area (Å²) in [5, 5.41) is 12.6. The van der Waals surface area contributed by atoms with E-state index in [0.717, 1.165) is 15.2 Å². The molecule has 0 aliphatic heterocycles. The first-order valence-corrected chi connectivity index (χ1v) is 7.98. The van der Waals surface area contributed by atoms with Gasteiger partial charge in [-0.05, 0) is 18.2 Å². The largest absolute Gasteiger partial charge is 0.508 e. The highest BCUT2D eigenvalue weighted by molar-refractivity contribution is 7.25. The van der Waals surface area contributed by atoms with E-state index in [1.165, 1.54) is 33.6 Å². The lowest BCUT2D eigenvalue weighted by Crippen LogP contribution is -2.09. The number of carbonyl (C=O) groups is 1. The second-order valence-corrected chi connectivity index (χ2v) is 6.37. The molecule has 0 fully saturated rings. The van der Waals surface area contributed by atoms with Crippen molar-refractivity contribution in [3.05, 3.63) is 48.0 Å². The van der Waals surface area contributed by atoms with Gasteiger partial charge in [-0.15, -0.1) is 22.7 Å². The van der Waals surface area contributed by atoms with Crippen molar-refractivity contribution in [2.75, 3.05) is 0 Å². The number of imidazole rings is 1. The number of thiazole rings is 2. The third kappa shape index (κ3) is 2.18. The Kier molecular flexibility index (Phi) is 2.98. The Morgan fingerprint density at radius 1 is 1.23 bits per heavy atom. The monoisotopic (exact) mass is 328 g/mol. The first-order valence-electron chi connectivity index (χ1n) is 6.29. The zero-order valence-corrected chi connectivity index (χ0v) is 12.6. The molecule has 0 spiro atoms. The molecule has 0 saturated carbocycles. The molecule has 0 aliphatic carbocycles. The SMILES string of the molecule is O=C(c1csc(-c2nc3ccc(O)cc3s2)n1)n1ccnc1. The maximum atomic E-state index is 12.2. The summed E-state index contributed by atoms with van der Waals surface area (Å²) in [6.45, 7) is 0. The molecule has 3 heterocycles. The number of nitrogens with zero attached hydrogens (tertiary/aromatic N) is 4. The number of rotatable bonds is 2. The standard InChI is InChI=1S/C14H8N4O2S2/c19-8-1-2-9-11(5-8)22-13(16-9)12-17-10(6-21-12)14(20)18-4-3-15-7-18/h1-7,19H. The molecule has 8 heteroatoms. The van der Waals surface area contributed by atoms with E-state index in [1.807, 2.05) is 0 Å². The lowest BCUT2D eigenvalue weighted by atomic mass is 10.3. The van der Waals surface area contributed by atoms with Crippen molar-refractivity contribution in [3.63, 3.8) is 0 Å². The van der Waals surface area contributed by atoms with Gasteiger partial charge < -0.3 is 5.11 Å². The Morgan fingerprint density at radius 3 is 2.95 bits per heavy atom. The fourth-order valence-electron chi connectivity index (χ4n) is 1.99. The van der Waals surface area contributed by atoms with Crippen molar-refractivity contribution in [3.8, 4) is 15.8 Å². The van der Waals surface area contributed by atoms with Crippen LogP contribution in [0.3, 0.4) is 0 Å². The van der Waals surface area contributed by atoms with Crippen molar-refractivity contribution in [2.24, 2.45) is 0 Å². The summed E-state index contributed by atoms with van der Waals surface area (Å²) in [6.07, 6.45) is 4.58. The van der Waals surface area contributed by atoms with Crippen LogP contribution >= 0.6 is 22.7 Å². The first kappa shape index (κ1) is 13.1. The minimum absolute atomic E-state index is 0.206. The molecule has 0 radical (unpaired) electrons. The van der Waals surface area contributed by atoms with Crippen LogP contribution in [0.2, 0.25) is 0 Å². The van der Waals surface area contributed by atoms with E-state index in [1.54, 1.807) is 36.0 Å². The molecule has 108 valence electrons. The molecule has 22 heavy (non-hydrogen) atoms. The highest BCUT2D eigenvalue weighted by Gasteiger charge is 2.16. The van der Waals surface area contributed by atoms with Gasteiger partial charge in [0.1, 0.15) is 17.8 Å². The van der Waals surface area contributed by atoms with Crippen molar-refractivity contribution < 1.29 is 9.90 Å². The molecule has 1 N–H and O–H groups in total. The Morgan fingerprint density at radius 2 is 2.14 bits per heavy atom. The maximum absolute atomic E-state index is 12.2. The molecule has 1 aromatic carbocycles. The fraction of sp³-hybridized carbons (Fsp3) is 0. The van der Waals surface area contributed by atoms with Crippen LogP contribution in [0.25, 0.3) is 20.2 Å². The summed E-state index contributed by atoms with van der Waals surface area (Å²) in [7, 11) is 0. The summed E-state index contributed by atoms with van der Waals surface area (Å²) in [4.78, 5) is 24.9. The van der Waals surface area contributed by atoms with Crippen LogP contribution < -0.4 is 0 Å². The molecule has 3 aromatic heterocycles. The normalized spacial score (nSPS) is 11.1. The van der Waals surface area contributed by atoms with Gasteiger partial charge in [0.25, 0.3) is 5.91 Å². The van der Waals surface area contributed by atoms with Gasteiger partial charge in [0.15, 0.2) is 10.0 Å². The summed E-state index contributed by atoms with van der Waals surface area (Å²) in [5.74, 6) is -0.0171. The minimum Gasteiger partial charge on any atom is -0.508 e. The fourth-order valence-corrected chi connectivity index (χ4v) is 3.81. The van der Waals surface area contributed by atoms with Gasteiger partial charge >= 0.3 is 0 Å². The molecule has 0 unspecified atom stereocenters. The lowest BCUT2D eigenvalue weighted by molar-refractivity contribution is 0.0955. The van der Waals surface area contributed by atoms with Gasteiger partial charge in [0.05, 0.1) is 10.2 Å². The van der Waals surface area contributed by atoms with Gasteiger partial charge in [-0.3, -0.25) is 9.36 Å². The zero-order chi connectivity index (χ0) is 15.1. The number of aromatic nitrogens is 4. The van der Waals surface area contributed by atoms with Gasteiger partial charge in [-0.1, -0.05) is 0 Å². The van der Waals surface area contributed by atoms with E-state index in [2.05, 4.69) is 15.0 Å². The summed E-state index contributed by atoms with van der Waals surface area (Å²) in [6, 6.07) is 5.03. The molecule has 0 aliphatic rings. The van der Waals surface area contributed by atoms with Crippen LogP contribution in [0.15, 0.2) is 42.3 Å². The predicted molar refractivity (Wildman–Crippen MR) is 84.3 cm³/mol. The average molecular weight is 328 g/mol. The van der Waals surface area contributed by atoms with Crippen LogP contribution in [-0.4, -0.2) is 30.5 Å². The van der Waals surface area contributed by atoms with E-state index < -0.39 is 0 Å². The molecule has 4 rings (SSSR count). The average Bonchev–Trinajstić information content (AvgIpc) is 3.25. The van der Waals surface area contributed by atoms with E-state index in [4.69, 9.17) is 0 Å². The van der Waals surface area contributed by atoms with Gasteiger partial charge in [0.2, 0.25) is 0 Å². The Bertz CT molecular complexity index is 972. The van der Waals surface area contributed by atoms with Crippen LogP contribution in [0.1, 0.15) is 10.5 Å². The smallest absolute Gasteiger partial charge is 0.282 e. The van der Waals surface area contributed by atoms with E-state index in [-0.39, 0.29) is 11.7 Å². The van der Waals surface area contributed by atoms with Crippen molar-refractivity contribution in [1.82, 2.24) is 19.5 Å². The van der Waals surface area contributed by atoms with E-state index in [9.17, 15) is 9.90 Å². The van der Waals surface area contributed by atoms with Crippen LogP contribution in [0, 0.1) is 0 Å². The van der Waals surface area contributed by atoms with Crippen molar-refractivity contribution in [2.45, 2.75) is 0 Å². The Labute approximate surface area is 132 Å². The molecule has 0 amide bonds. The van der Waals surface area contributed by atoms with Crippen LogP contribution in [0.5, 0.6) is 5.75 Å². The zero-order valence-electron chi connectivity index (χ0n) is 11.0. The number of phenolic OH excluding ortho intramolecular Hbond substituents is 1. The number of hydrogen-bond acceptors (Lipinski definition) is 7. The van der Waals surface area contributed by atoms with Gasteiger partial charge in [-0.25, -0.2) is 15.0 Å². The molecule has 4 aromatic rings. The quantitative estimate of drug-likeness (QED) is 0.612. The van der Waals surface area contributed by atoms with Crippen LogP contribution in [0.4, 0.5) is 0 Å². The van der Waals surface area contributed by atoms with E-state index >= 15 is 0 Å². The lowest BCUT2D eigenvalue weighted by Gasteiger charge is -1.94. The maximum Gasteiger partial charge on any atom is 0.282 e. The second-order valence-electron chi connectivity index (χ2n) is 4.48. The van der Waals surface area contributed by atoms with Gasteiger partial charge in [0, 0.05) is 17.8 Å². The number of hydrogen-bond donors (Lipinski definition) is 1. The topological polar surface area (TPSA) is 80.9 Å². The third-order valence-electron chi connectivity index (χ3n) is 3.02. The molecule has 6 nitrogen and oxygen atoms in total. The molecular weight excluding hydrogens is 320 g/mol. The highest BCUT2D eigenvalue weighted by atomic mass is 32.1. The minimum atomic E-state index is -0.223. The Balaban J connectivity index is 1.72. The van der Waals surface area contributed by atoms with Crippen LogP contribution in [-0.2, 0) is 0 Å². The summed E-state index contributed by atoms with van der Waals surface area (Å²) >= 11 is 2.80. The third-order valence-corrected chi connectivity index (χ3v) is 5.02. The second kappa shape index (κ2) is 5.00. The molecule has 0 atom stereocenters. The predicted octanol–water partition coefficient (Wildman–Crippen LogP) is 3.01. The molecular formula is C14H8N4O2S2. The number of benzene rings is 1. The van der Waals surface area contributed by atoms with Crippen molar-refractivity contribution in [1.29, 1.82) is 0 Å². The molecule has 0 bridgehead atoms. The highest BCUT2D eigenvalue weighted by Crippen LogP contribution is 2.33. The number of phenols is 1. The molecule has 0 saturated heterocycles. The number of aromatic hydroxyl groups is 1. The van der Waals surface area contributed by atoms with E-state index in [0.29, 0.717) is 10.7 Å². The summed E-state index contributed by atoms with van der Waals surface area (Å²) < 4.78 is 2.27. The Hall–Kier alpha value is -2.58. The summed E-state index contributed by atoms with van der Waals surface area (Å²) in [5.41, 5.74) is 1.16. The van der Waals surface area contributed by atoms with Crippen molar-refractivity contribution >= 4 is 38.8 Å². The van der Waals surface area contributed by atoms with Gasteiger partial charge in [-0.2, -0.15) is 0 Å². The number of fused-ring (bicyclic) bond motifs is 1. The number of carbonyl (C=O) groups excluding carboxylic acids is 1. The first-order chi connectivity index (χ1) is 10.7.